The fourth-order valence-corrected chi connectivity index (χ4v) is 1.78. The number of nitrogens with one attached hydrogen (secondary N) is 1. The van der Waals surface area contributed by atoms with Gasteiger partial charge in [0.2, 0.25) is 0 Å². The maximum Gasteiger partial charge on any atom is 0.329 e. The number of aromatic hydroxyl groups is 1. The van der Waals surface area contributed by atoms with Gasteiger partial charge in [0, 0.05) is 23.6 Å². The number of aliphatic hydroxyl groups is 1. The molecule has 1 aromatic carbocycles. The van der Waals surface area contributed by atoms with Gasteiger partial charge in [-0.05, 0) is 38.2 Å². The highest BCUT2D eigenvalue weighted by Gasteiger charge is 2.07. The second-order valence-electron chi connectivity index (χ2n) is 4.62. The van der Waals surface area contributed by atoms with Gasteiger partial charge in [-0.3, -0.25) is 0 Å². The molecule has 1 heterocycles. The van der Waals surface area contributed by atoms with E-state index in [2.05, 4.69) is 24.0 Å². The smallest absolute Gasteiger partial charge is 0.329 e. The Morgan fingerprint density at radius 1 is 1.35 bits per heavy atom. The van der Waals surface area contributed by atoms with E-state index < -0.39 is 12.6 Å². The molecule has 0 unspecified atom stereocenters. The van der Waals surface area contributed by atoms with Crippen molar-refractivity contribution in [2.45, 2.75) is 6.42 Å². The number of hydrogen-bond donors (Lipinski definition) is 4. The predicted molar refractivity (Wildman–Crippen MR) is 76.9 cm³/mol. The van der Waals surface area contributed by atoms with E-state index in [0.717, 1.165) is 23.9 Å². The number of carboxylic acids is 1. The average Bonchev–Trinajstić information content (AvgIpc) is 2.81. The Bertz CT molecular complexity index is 563. The zero-order valence-electron chi connectivity index (χ0n) is 11.6. The minimum atomic E-state index is -1.19. The lowest BCUT2D eigenvalue weighted by Crippen LogP contribution is -2.14. The number of aromatic amines is 1. The van der Waals surface area contributed by atoms with Crippen molar-refractivity contribution < 1.29 is 20.1 Å². The predicted octanol–water partition coefficient (Wildman–Crippen LogP) is 1.04. The number of likely N-dealkylation sites (N-methyl/N-ethyl adjacent to an activating group) is 1. The van der Waals surface area contributed by atoms with E-state index in [4.69, 9.17) is 15.0 Å². The molecule has 6 nitrogen and oxygen atoms in total. The summed E-state index contributed by atoms with van der Waals surface area (Å²) in [6.45, 7) is 0.210. The molecule has 0 spiro atoms. The van der Waals surface area contributed by atoms with Crippen molar-refractivity contribution in [1.29, 1.82) is 0 Å². The van der Waals surface area contributed by atoms with Gasteiger partial charge in [-0.1, -0.05) is 6.07 Å². The first kappa shape index (κ1) is 16.0. The normalized spacial score (nSPS) is 10.4. The Morgan fingerprint density at radius 3 is 2.55 bits per heavy atom. The summed E-state index contributed by atoms with van der Waals surface area (Å²) in [4.78, 5) is 14.4. The molecule has 2 aromatic rings. The largest absolute Gasteiger partial charge is 0.507 e. The summed E-state index contributed by atoms with van der Waals surface area (Å²) in [5, 5.41) is 25.7. The molecule has 0 aliphatic rings. The standard InChI is InChI=1S/C12H16N2O.C2H4O3/c1-14(2)7-6-9-8-13-10-4-3-5-11(15)12(9)10;3-1-2(4)5/h3-5,8,13,15H,6-7H2,1-2H3;3H,1H2,(H,4,5). The molecule has 6 heteroatoms. The Morgan fingerprint density at radius 2 is 2.00 bits per heavy atom. The quantitative estimate of drug-likeness (QED) is 0.671. The number of aromatic nitrogens is 1. The van der Waals surface area contributed by atoms with Crippen LogP contribution in [0.25, 0.3) is 10.9 Å². The fourth-order valence-electron chi connectivity index (χ4n) is 1.78. The molecule has 0 fully saturated rings. The van der Waals surface area contributed by atoms with Crippen LogP contribution in [0.4, 0.5) is 0 Å². The summed E-state index contributed by atoms with van der Waals surface area (Å²) in [5.41, 5.74) is 2.18. The third kappa shape index (κ3) is 4.56. The van der Waals surface area contributed by atoms with Gasteiger partial charge >= 0.3 is 5.97 Å². The number of hydrogen-bond acceptors (Lipinski definition) is 4. The van der Waals surface area contributed by atoms with Crippen LogP contribution < -0.4 is 0 Å². The van der Waals surface area contributed by atoms with E-state index in [-0.39, 0.29) is 0 Å². The van der Waals surface area contributed by atoms with Gasteiger partial charge in [-0.2, -0.15) is 0 Å². The molecule has 0 bridgehead atoms. The zero-order valence-corrected chi connectivity index (χ0v) is 11.6. The summed E-state index contributed by atoms with van der Waals surface area (Å²) in [5.74, 6) is -0.826. The van der Waals surface area contributed by atoms with Crippen molar-refractivity contribution in [3.05, 3.63) is 30.0 Å². The minimum Gasteiger partial charge on any atom is -0.507 e. The van der Waals surface area contributed by atoms with Gasteiger partial charge in [0.15, 0.2) is 0 Å². The highest BCUT2D eigenvalue weighted by molar-refractivity contribution is 5.88. The maximum absolute atomic E-state index is 9.77. The summed E-state index contributed by atoms with van der Waals surface area (Å²) in [6.07, 6.45) is 2.93. The highest BCUT2D eigenvalue weighted by atomic mass is 16.4. The third-order valence-corrected chi connectivity index (χ3v) is 2.73. The Labute approximate surface area is 117 Å². The van der Waals surface area contributed by atoms with E-state index in [1.165, 1.54) is 5.56 Å². The van der Waals surface area contributed by atoms with Crippen LogP contribution in [0.3, 0.4) is 0 Å². The summed E-state index contributed by atoms with van der Waals surface area (Å²) in [6, 6.07) is 5.56. The van der Waals surface area contributed by atoms with Crippen LogP contribution >= 0.6 is 0 Å². The molecule has 0 aliphatic heterocycles. The number of rotatable bonds is 4. The van der Waals surface area contributed by atoms with E-state index in [0.29, 0.717) is 5.75 Å². The number of phenols is 1. The molecule has 0 saturated carbocycles. The molecule has 4 N–H and O–H groups in total. The summed E-state index contributed by atoms with van der Waals surface area (Å²) >= 11 is 0. The van der Waals surface area contributed by atoms with Crippen molar-refractivity contribution in [2.75, 3.05) is 27.2 Å². The van der Waals surface area contributed by atoms with Crippen molar-refractivity contribution >= 4 is 16.9 Å². The number of aliphatic hydroxyl groups excluding tert-OH is 1. The van der Waals surface area contributed by atoms with Crippen molar-refractivity contribution in [1.82, 2.24) is 9.88 Å². The first-order valence-electron chi connectivity index (χ1n) is 6.21. The average molecular weight is 280 g/mol. The highest BCUT2D eigenvalue weighted by Crippen LogP contribution is 2.27. The number of nitrogens with zero attached hydrogens (tertiary/aromatic N) is 1. The number of aliphatic carboxylic acids is 1. The molecule has 0 atom stereocenters. The van der Waals surface area contributed by atoms with Crippen molar-refractivity contribution in [3.63, 3.8) is 0 Å². The second-order valence-corrected chi connectivity index (χ2v) is 4.62. The molecule has 0 radical (unpaired) electrons. The van der Waals surface area contributed by atoms with Crippen LogP contribution in [0.15, 0.2) is 24.4 Å². The van der Waals surface area contributed by atoms with Crippen LogP contribution in [0.2, 0.25) is 0 Å². The third-order valence-electron chi connectivity index (χ3n) is 2.73. The van der Waals surface area contributed by atoms with Gasteiger partial charge in [-0.15, -0.1) is 0 Å². The van der Waals surface area contributed by atoms with Crippen molar-refractivity contribution in [2.24, 2.45) is 0 Å². The van der Waals surface area contributed by atoms with Crippen LogP contribution in [-0.4, -0.2) is 58.4 Å². The Kier molecular flexibility index (Phi) is 6.02. The maximum atomic E-state index is 9.77. The monoisotopic (exact) mass is 280 g/mol. The lowest BCUT2D eigenvalue weighted by atomic mass is 10.1. The van der Waals surface area contributed by atoms with Gasteiger partial charge in [0.25, 0.3) is 0 Å². The fraction of sp³-hybridized carbons (Fsp3) is 0.357. The Balaban J connectivity index is 0.000000347. The molecule has 0 aliphatic carbocycles. The van der Waals surface area contributed by atoms with Gasteiger partial charge in [0.05, 0.1) is 0 Å². The van der Waals surface area contributed by atoms with E-state index in [1.54, 1.807) is 6.07 Å². The van der Waals surface area contributed by atoms with Crippen LogP contribution in [0.5, 0.6) is 5.75 Å². The van der Waals surface area contributed by atoms with E-state index in [1.807, 2.05) is 18.3 Å². The molecular formula is C14H20N2O4. The molecule has 20 heavy (non-hydrogen) atoms. The van der Waals surface area contributed by atoms with E-state index >= 15 is 0 Å². The van der Waals surface area contributed by atoms with Gasteiger partial charge < -0.3 is 25.2 Å². The Hall–Kier alpha value is -2.05. The van der Waals surface area contributed by atoms with Crippen LogP contribution in [0.1, 0.15) is 5.56 Å². The molecule has 1 aromatic heterocycles. The van der Waals surface area contributed by atoms with Gasteiger partial charge in [-0.25, -0.2) is 4.79 Å². The molecule has 0 saturated heterocycles. The SMILES string of the molecule is CN(C)CCc1c[nH]c2cccc(O)c12.O=C(O)CO. The first-order chi connectivity index (χ1) is 9.45. The second kappa shape index (κ2) is 7.52. The van der Waals surface area contributed by atoms with Crippen LogP contribution in [0, 0.1) is 0 Å². The van der Waals surface area contributed by atoms with Crippen LogP contribution in [-0.2, 0) is 11.2 Å². The number of carbonyl (C=O) groups is 1. The zero-order chi connectivity index (χ0) is 15.1. The number of H-pyrrole nitrogens is 1. The van der Waals surface area contributed by atoms with Gasteiger partial charge in [0.1, 0.15) is 12.4 Å². The number of benzene rings is 1. The van der Waals surface area contributed by atoms with Crippen molar-refractivity contribution in [3.8, 4) is 5.75 Å². The van der Waals surface area contributed by atoms with E-state index in [9.17, 15) is 5.11 Å². The topological polar surface area (TPSA) is 96.8 Å². The first-order valence-corrected chi connectivity index (χ1v) is 6.21. The molecule has 110 valence electrons. The molecule has 2 rings (SSSR count). The lowest BCUT2D eigenvalue weighted by Gasteiger charge is -2.08. The number of carboxylic acid groups (broad SMARTS) is 1. The molecule has 0 amide bonds. The minimum absolute atomic E-state index is 0.363. The number of phenolic OH excluding ortho intramolecular Hbond substituents is 1. The number of fused-ring (bicyclic) bond motifs is 1. The molecular weight excluding hydrogens is 260 g/mol. The lowest BCUT2D eigenvalue weighted by molar-refractivity contribution is -0.140. The summed E-state index contributed by atoms with van der Waals surface area (Å²) in [7, 11) is 4.10. The summed E-state index contributed by atoms with van der Waals surface area (Å²) < 4.78 is 0.